The third-order valence-corrected chi connectivity index (χ3v) is 2.94. The lowest BCUT2D eigenvalue weighted by atomic mass is 10.4. The third kappa shape index (κ3) is 3.06. The number of nitrogens with one attached hydrogen (secondary N) is 2. The van der Waals surface area contributed by atoms with E-state index in [0.29, 0.717) is 11.8 Å². The molecular formula is C10H9F2N5OS. The SMILES string of the molecule is Cc1cc(=O)[nH]c(Sc2nc(NN)c(F)cc2F)n1. The van der Waals surface area contributed by atoms with Crippen molar-refractivity contribution < 1.29 is 8.78 Å². The number of nitrogen functional groups attached to an aromatic ring is 1. The molecule has 100 valence electrons. The Morgan fingerprint density at radius 3 is 2.68 bits per heavy atom. The fourth-order valence-electron chi connectivity index (χ4n) is 1.31. The molecule has 0 aliphatic heterocycles. The number of anilines is 1. The first-order chi connectivity index (χ1) is 8.99. The molecule has 0 radical (unpaired) electrons. The van der Waals surface area contributed by atoms with E-state index in [1.54, 1.807) is 6.92 Å². The maximum absolute atomic E-state index is 13.5. The second-order valence-electron chi connectivity index (χ2n) is 3.54. The smallest absolute Gasteiger partial charge is 0.251 e. The van der Waals surface area contributed by atoms with Crippen LogP contribution < -0.4 is 16.8 Å². The number of pyridine rings is 1. The highest BCUT2D eigenvalue weighted by Crippen LogP contribution is 2.27. The highest BCUT2D eigenvalue weighted by atomic mass is 32.2. The lowest BCUT2D eigenvalue weighted by molar-refractivity contribution is 0.551. The van der Waals surface area contributed by atoms with Crippen molar-refractivity contribution in [1.82, 2.24) is 15.0 Å². The van der Waals surface area contributed by atoms with Crippen molar-refractivity contribution in [2.45, 2.75) is 17.1 Å². The highest BCUT2D eigenvalue weighted by Gasteiger charge is 2.13. The van der Waals surface area contributed by atoms with Crippen LogP contribution in [0.5, 0.6) is 0 Å². The van der Waals surface area contributed by atoms with Crippen LogP contribution in [0.25, 0.3) is 0 Å². The number of hydrogen-bond donors (Lipinski definition) is 3. The van der Waals surface area contributed by atoms with E-state index in [1.807, 2.05) is 5.43 Å². The van der Waals surface area contributed by atoms with Gasteiger partial charge in [0.15, 0.2) is 22.6 Å². The summed E-state index contributed by atoms with van der Waals surface area (Å²) in [4.78, 5) is 21.3. The van der Waals surface area contributed by atoms with Crippen LogP contribution in [0, 0.1) is 18.6 Å². The summed E-state index contributed by atoms with van der Waals surface area (Å²) >= 11 is 0.766. The van der Waals surface area contributed by atoms with Crippen molar-refractivity contribution in [3.05, 3.63) is 39.8 Å². The zero-order valence-corrected chi connectivity index (χ0v) is 10.5. The number of nitrogens with zero attached hydrogens (tertiary/aromatic N) is 2. The molecule has 2 aromatic heterocycles. The molecule has 0 aromatic carbocycles. The maximum atomic E-state index is 13.5. The van der Waals surface area contributed by atoms with Crippen LogP contribution in [0.2, 0.25) is 0 Å². The van der Waals surface area contributed by atoms with Gasteiger partial charge in [0.1, 0.15) is 5.03 Å². The van der Waals surface area contributed by atoms with Gasteiger partial charge >= 0.3 is 0 Å². The van der Waals surface area contributed by atoms with Gasteiger partial charge in [0.25, 0.3) is 5.56 Å². The number of hydrazine groups is 1. The molecule has 9 heteroatoms. The first-order valence-electron chi connectivity index (χ1n) is 5.08. The summed E-state index contributed by atoms with van der Waals surface area (Å²) in [6.45, 7) is 1.63. The van der Waals surface area contributed by atoms with Gasteiger partial charge in [-0.3, -0.25) is 4.79 Å². The quantitative estimate of drug-likeness (QED) is 0.445. The first kappa shape index (κ1) is 13.4. The fourth-order valence-corrected chi connectivity index (χ4v) is 2.13. The average Bonchev–Trinajstić information content (AvgIpc) is 2.31. The minimum absolute atomic E-state index is 0.150. The molecule has 6 nitrogen and oxygen atoms in total. The topological polar surface area (TPSA) is 96.7 Å². The molecule has 0 spiro atoms. The number of hydrogen-bond acceptors (Lipinski definition) is 6. The lowest BCUT2D eigenvalue weighted by Crippen LogP contribution is -2.12. The van der Waals surface area contributed by atoms with Gasteiger partial charge in [-0.05, 0) is 18.7 Å². The number of halogens is 2. The molecule has 0 aliphatic rings. The Hall–Kier alpha value is -2.00. The molecule has 2 aromatic rings. The number of nitrogens with two attached hydrogens (primary N) is 1. The van der Waals surface area contributed by atoms with Crippen LogP contribution >= 0.6 is 11.8 Å². The van der Waals surface area contributed by atoms with Gasteiger partial charge < -0.3 is 10.4 Å². The summed E-state index contributed by atoms with van der Waals surface area (Å²) in [5.41, 5.74) is 2.12. The van der Waals surface area contributed by atoms with E-state index in [1.165, 1.54) is 6.07 Å². The van der Waals surface area contributed by atoms with Crippen LogP contribution in [0.4, 0.5) is 14.6 Å². The molecule has 0 amide bonds. The zero-order valence-electron chi connectivity index (χ0n) is 9.70. The molecule has 2 heterocycles. The maximum Gasteiger partial charge on any atom is 0.251 e. The first-order valence-corrected chi connectivity index (χ1v) is 5.89. The normalized spacial score (nSPS) is 10.5. The minimum atomic E-state index is -0.907. The van der Waals surface area contributed by atoms with Crippen molar-refractivity contribution in [2.75, 3.05) is 5.43 Å². The Morgan fingerprint density at radius 2 is 2.05 bits per heavy atom. The van der Waals surface area contributed by atoms with Crippen molar-refractivity contribution in [3.8, 4) is 0 Å². The van der Waals surface area contributed by atoms with E-state index in [-0.39, 0.29) is 21.6 Å². The van der Waals surface area contributed by atoms with Crippen molar-refractivity contribution in [2.24, 2.45) is 5.84 Å². The van der Waals surface area contributed by atoms with E-state index in [2.05, 4.69) is 15.0 Å². The Labute approximate surface area is 110 Å². The summed E-state index contributed by atoms with van der Waals surface area (Å²) in [5, 5.41) is 0.00841. The van der Waals surface area contributed by atoms with E-state index in [9.17, 15) is 13.6 Å². The van der Waals surface area contributed by atoms with Crippen LogP contribution in [-0.2, 0) is 0 Å². The monoisotopic (exact) mass is 285 g/mol. The average molecular weight is 285 g/mol. The Balaban J connectivity index is 2.40. The van der Waals surface area contributed by atoms with Crippen LogP contribution in [0.1, 0.15) is 5.69 Å². The summed E-state index contributed by atoms with van der Waals surface area (Å²) in [6, 6.07) is 1.95. The molecule has 0 saturated carbocycles. The summed E-state index contributed by atoms with van der Waals surface area (Å²) < 4.78 is 26.7. The van der Waals surface area contributed by atoms with Gasteiger partial charge in [-0.25, -0.2) is 24.6 Å². The minimum Gasteiger partial charge on any atom is -0.306 e. The largest absolute Gasteiger partial charge is 0.306 e. The molecular weight excluding hydrogens is 276 g/mol. The molecule has 0 saturated heterocycles. The molecule has 0 bridgehead atoms. The van der Waals surface area contributed by atoms with Gasteiger partial charge in [0.05, 0.1) is 0 Å². The van der Waals surface area contributed by atoms with Gasteiger partial charge in [0, 0.05) is 17.8 Å². The molecule has 19 heavy (non-hydrogen) atoms. The Kier molecular flexibility index (Phi) is 3.76. The molecule has 0 aliphatic carbocycles. The van der Waals surface area contributed by atoms with E-state index in [4.69, 9.17) is 5.84 Å². The Bertz CT molecular complexity index is 675. The lowest BCUT2D eigenvalue weighted by Gasteiger charge is -2.06. The molecule has 2 rings (SSSR count). The predicted molar refractivity (Wildman–Crippen MR) is 65.7 cm³/mol. The highest BCUT2D eigenvalue weighted by molar-refractivity contribution is 7.99. The number of aryl methyl sites for hydroxylation is 1. The van der Waals surface area contributed by atoms with Gasteiger partial charge in [-0.1, -0.05) is 0 Å². The van der Waals surface area contributed by atoms with Crippen molar-refractivity contribution >= 4 is 17.6 Å². The second kappa shape index (κ2) is 5.33. The number of H-pyrrole nitrogens is 1. The fraction of sp³-hybridized carbons (Fsp3) is 0.100. The van der Waals surface area contributed by atoms with Gasteiger partial charge in [0.2, 0.25) is 0 Å². The Morgan fingerprint density at radius 1 is 1.32 bits per heavy atom. The number of aromatic nitrogens is 3. The predicted octanol–water partition coefficient (Wildman–Crippen LogP) is 1.19. The molecule has 4 N–H and O–H groups in total. The van der Waals surface area contributed by atoms with Crippen LogP contribution in [0.15, 0.2) is 27.1 Å². The number of rotatable bonds is 3. The third-order valence-electron chi connectivity index (χ3n) is 2.08. The number of aromatic amines is 1. The summed E-state index contributed by atoms with van der Waals surface area (Å²) in [5.74, 6) is 2.98. The van der Waals surface area contributed by atoms with E-state index >= 15 is 0 Å². The van der Waals surface area contributed by atoms with Gasteiger partial charge in [-0.2, -0.15) is 0 Å². The molecule has 0 atom stereocenters. The van der Waals surface area contributed by atoms with Crippen molar-refractivity contribution in [1.29, 1.82) is 0 Å². The van der Waals surface area contributed by atoms with E-state index < -0.39 is 11.6 Å². The summed E-state index contributed by atoms with van der Waals surface area (Å²) in [7, 11) is 0. The molecule has 0 fully saturated rings. The standard InChI is InChI=1S/C10H9F2N5OS/c1-4-2-7(18)15-10(14-4)19-9-6(12)3-5(11)8(16-9)17-13/h2-3H,13H2,1H3,(H,16,17)(H,14,15,18). The second-order valence-corrected chi connectivity index (χ2v) is 4.52. The summed E-state index contributed by atoms with van der Waals surface area (Å²) in [6.07, 6.45) is 0. The van der Waals surface area contributed by atoms with Crippen LogP contribution in [0.3, 0.4) is 0 Å². The van der Waals surface area contributed by atoms with Crippen LogP contribution in [-0.4, -0.2) is 15.0 Å². The molecule has 0 unspecified atom stereocenters. The van der Waals surface area contributed by atoms with E-state index in [0.717, 1.165) is 11.8 Å². The zero-order chi connectivity index (χ0) is 14.0. The van der Waals surface area contributed by atoms with Crippen molar-refractivity contribution in [3.63, 3.8) is 0 Å². The van der Waals surface area contributed by atoms with Gasteiger partial charge in [-0.15, -0.1) is 0 Å².